The van der Waals surface area contributed by atoms with Gasteiger partial charge in [0.25, 0.3) is 5.91 Å². The SMILES string of the molecule is CC(C)c1[c]ccc(N2CCN(C(=O)c3c[nH]c4ccccc34)CC2)c1. The Morgan fingerprint density at radius 2 is 1.88 bits per heavy atom. The Kier molecular flexibility index (Phi) is 4.41. The van der Waals surface area contributed by atoms with Gasteiger partial charge in [-0.25, -0.2) is 0 Å². The number of para-hydroxylation sites is 1. The molecule has 0 spiro atoms. The number of H-pyrrole nitrogens is 1. The molecular weight excluding hydrogens is 322 g/mol. The van der Waals surface area contributed by atoms with E-state index < -0.39 is 0 Å². The lowest BCUT2D eigenvalue weighted by atomic mass is 10.0. The molecule has 4 nitrogen and oxygen atoms in total. The molecule has 0 saturated carbocycles. The number of nitrogens with zero attached hydrogens (tertiary/aromatic N) is 2. The molecule has 26 heavy (non-hydrogen) atoms. The average molecular weight is 346 g/mol. The number of amides is 1. The van der Waals surface area contributed by atoms with Crippen molar-refractivity contribution >= 4 is 22.5 Å². The molecule has 1 saturated heterocycles. The largest absolute Gasteiger partial charge is 0.368 e. The smallest absolute Gasteiger partial charge is 0.256 e. The third kappa shape index (κ3) is 3.07. The summed E-state index contributed by atoms with van der Waals surface area (Å²) in [6, 6.07) is 17.6. The quantitative estimate of drug-likeness (QED) is 0.777. The van der Waals surface area contributed by atoms with Gasteiger partial charge in [-0.15, -0.1) is 0 Å². The molecule has 3 aromatic rings. The van der Waals surface area contributed by atoms with E-state index in [4.69, 9.17) is 0 Å². The van der Waals surface area contributed by atoms with Crippen molar-refractivity contribution in [3.05, 3.63) is 65.9 Å². The standard InChI is InChI=1S/C22H24N3O/c1-16(2)17-6-5-7-18(14-17)24-10-12-25(13-11-24)22(26)20-15-23-21-9-4-3-8-19(20)21/h3-5,7-9,14-16,23H,10-13H2,1-2H3. The predicted molar refractivity (Wildman–Crippen MR) is 106 cm³/mol. The Hall–Kier alpha value is -2.75. The van der Waals surface area contributed by atoms with Crippen LogP contribution in [0, 0.1) is 6.07 Å². The van der Waals surface area contributed by atoms with Gasteiger partial charge in [-0.2, -0.15) is 0 Å². The average Bonchev–Trinajstić information content (AvgIpc) is 3.12. The minimum atomic E-state index is 0.117. The summed E-state index contributed by atoms with van der Waals surface area (Å²) in [5.74, 6) is 0.589. The molecule has 0 bridgehead atoms. The lowest BCUT2D eigenvalue weighted by Gasteiger charge is -2.36. The van der Waals surface area contributed by atoms with E-state index in [1.165, 1.54) is 11.3 Å². The van der Waals surface area contributed by atoms with Gasteiger partial charge in [0, 0.05) is 49.0 Å². The molecule has 2 heterocycles. The molecule has 1 amide bonds. The number of hydrogen-bond acceptors (Lipinski definition) is 2. The molecule has 1 aliphatic heterocycles. The number of aromatic nitrogens is 1. The second kappa shape index (κ2) is 6.87. The first-order valence-corrected chi connectivity index (χ1v) is 9.25. The first-order chi connectivity index (χ1) is 12.6. The van der Waals surface area contributed by atoms with Crippen molar-refractivity contribution in [1.29, 1.82) is 0 Å². The molecular formula is C22H24N3O. The topological polar surface area (TPSA) is 39.3 Å². The highest BCUT2D eigenvalue weighted by Crippen LogP contribution is 2.24. The van der Waals surface area contributed by atoms with Crippen molar-refractivity contribution in [1.82, 2.24) is 9.88 Å². The Labute approximate surface area is 154 Å². The summed E-state index contributed by atoms with van der Waals surface area (Å²) in [5.41, 5.74) is 4.24. The number of anilines is 1. The summed E-state index contributed by atoms with van der Waals surface area (Å²) in [4.78, 5) is 20.5. The lowest BCUT2D eigenvalue weighted by Crippen LogP contribution is -2.48. The van der Waals surface area contributed by atoms with Crippen LogP contribution in [0.15, 0.2) is 48.7 Å². The highest BCUT2D eigenvalue weighted by Gasteiger charge is 2.24. The minimum absolute atomic E-state index is 0.117. The van der Waals surface area contributed by atoms with Crippen molar-refractivity contribution in [2.24, 2.45) is 0 Å². The van der Waals surface area contributed by atoms with Crippen molar-refractivity contribution < 1.29 is 4.79 Å². The fraction of sp³-hybridized carbons (Fsp3) is 0.318. The first-order valence-electron chi connectivity index (χ1n) is 9.25. The number of fused-ring (bicyclic) bond motifs is 1. The van der Waals surface area contributed by atoms with Gasteiger partial charge >= 0.3 is 0 Å². The molecule has 1 aliphatic rings. The molecule has 0 aliphatic carbocycles. The monoisotopic (exact) mass is 346 g/mol. The van der Waals surface area contributed by atoms with E-state index in [0.29, 0.717) is 5.92 Å². The molecule has 1 aromatic heterocycles. The maximum absolute atomic E-state index is 12.9. The van der Waals surface area contributed by atoms with Crippen LogP contribution in [-0.2, 0) is 0 Å². The van der Waals surface area contributed by atoms with Crippen LogP contribution in [-0.4, -0.2) is 42.0 Å². The zero-order chi connectivity index (χ0) is 18.1. The van der Waals surface area contributed by atoms with Crippen LogP contribution >= 0.6 is 0 Å². The summed E-state index contributed by atoms with van der Waals surface area (Å²) < 4.78 is 0. The van der Waals surface area contributed by atoms with Gasteiger partial charge in [-0.05, 0) is 35.7 Å². The summed E-state index contributed by atoms with van der Waals surface area (Å²) >= 11 is 0. The fourth-order valence-corrected chi connectivity index (χ4v) is 3.59. The second-order valence-electron chi connectivity index (χ2n) is 7.18. The van der Waals surface area contributed by atoms with Crippen LogP contribution in [0.5, 0.6) is 0 Å². The van der Waals surface area contributed by atoms with Crippen LogP contribution in [0.2, 0.25) is 0 Å². The normalized spacial score (nSPS) is 15.0. The van der Waals surface area contributed by atoms with Crippen molar-refractivity contribution in [2.45, 2.75) is 19.8 Å². The van der Waals surface area contributed by atoms with Gasteiger partial charge in [0.05, 0.1) is 5.56 Å². The van der Waals surface area contributed by atoms with Crippen LogP contribution < -0.4 is 4.90 Å². The van der Waals surface area contributed by atoms with Crippen LogP contribution in [0.25, 0.3) is 10.9 Å². The van der Waals surface area contributed by atoms with Crippen molar-refractivity contribution in [3.8, 4) is 0 Å². The molecule has 4 rings (SSSR count). The number of piperazine rings is 1. The van der Waals surface area contributed by atoms with Gasteiger partial charge in [-0.3, -0.25) is 4.79 Å². The van der Waals surface area contributed by atoms with E-state index >= 15 is 0 Å². The number of aromatic amines is 1. The zero-order valence-corrected chi connectivity index (χ0v) is 15.3. The maximum atomic E-state index is 12.9. The van der Waals surface area contributed by atoms with E-state index in [-0.39, 0.29) is 5.91 Å². The Morgan fingerprint density at radius 1 is 1.12 bits per heavy atom. The van der Waals surface area contributed by atoms with Crippen molar-refractivity contribution in [2.75, 3.05) is 31.1 Å². The third-order valence-electron chi connectivity index (χ3n) is 5.18. The number of rotatable bonds is 3. The molecule has 1 radical (unpaired) electrons. The molecule has 133 valence electrons. The lowest BCUT2D eigenvalue weighted by molar-refractivity contribution is 0.0749. The molecule has 2 aromatic carbocycles. The summed E-state index contributed by atoms with van der Waals surface area (Å²) in [6.45, 7) is 7.58. The first kappa shape index (κ1) is 16.7. The number of hydrogen-bond donors (Lipinski definition) is 1. The molecule has 4 heteroatoms. The molecule has 0 atom stereocenters. The minimum Gasteiger partial charge on any atom is -0.368 e. The van der Waals surface area contributed by atoms with E-state index in [9.17, 15) is 4.79 Å². The Morgan fingerprint density at radius 3 is 2.65 bits per heavy atom. The number of carbonyl (C=O) groups is 1. The number of nitrogens with one attached hydrogen (secondary N) is 1. The maximum Gasteiger partial charge on any atom is 0.256 e. The molecule has 1 fully saturated rings. The third-order valence-corrected chi connectivity index (χ3v) is 5.18. The van der Waals surface area contributed by atoms with Crippen LogP contribution in [0.3, 0.4) is 0 Å². The van der Waals surface area contributed by atoms with E-state index in [1.807, 2.05) is 41.4 Å². The van der Waals surface area contributed by atoms with Gasteiger partial charge < -0.3 is 14.8 Å². The van der Waals surface area contributed by atoms with Crippen LogP contribution in [0.1, 0.15) is 35.7 Å². The van der Waals surface area contributed by atoms with Crippen molar-refractivity contribution in [3.63, 3.8) is 0 Å². The Bertz CT molecular complexity index is 920. The number of benzene rings is 2. The van der Waals surface area contributed by atoms with E-state index in [0.717, 1.165) is 42.6 Å². The summed E-state index contributed by atoms with van der Waals surface area (Å²) in [6.07, 6.45) is 1.83. The number of carbonyl (C=O) groups excluding carboxylic acids is 1. The van der Waals surface area contributed by atoms with E-state index in [2.05, 4.69) is 41.9 Å². The summed E-state index contributed by atoms with van der Waals surface area (Å²) in [7, 11) is 0. The van der Waals surface area contributed by atoms with Gasteiger partial charge in [-0.1, -0.05) is 38.1 Å². The molecule has 1 N–H and O–H groups in total. The van der Waals surface area contributed by atoms with Gasteiger partial charge in [0.2, 0.25) is 0 Å². The zero-order valence-electron chi connectivity index (χ0n) is 15.3. The molecule has 0 unspecified atom stereocenters. The second-order valence-corrected chi connectivity index (χ2v) is 7.18. The van der Waals surface area contributed by atoms with Gasteiger partial charge in [0.15, 0.2) is 0 Å². The van der Waals surface area contributed by atoms with Gasteiger partial charge in [0.1, 0.15) is 0 Å². The predicted octanol–water partition coefficient (Wildman–Crippen LogP) is 4.05. The summed E-state index contributed by atoms with van der Waals surface area (Å²) in [5, 5.41) is 1.00. The fourth-order valence-electron chi connectivity index (χ4n) is 3.59. The highest BCUT2D eigenvalue weighted by atomic mass is 16.2. The van der Waals surface area contributed by atoms with Crippen LogP contribution in [0.4, 0.5) is 5.69 Å². The highest BCUT2D eigenvalue weighted by molar-refractivity contribution is 6.06. The Balaban J connectivity index is 1.46. The van der Waals surface area contributed by atoms with E-state index in [1.54, 1.807) is 0 Å².